The lowest BCUT2D eigenvalue weighted by Gasteiger charge is -2.11. The summed E-state index contributed by atoms with van der Waals surface area (Å²) in [6, 6.07) is 4.02. The first-order chi connectivity index (χ1) is 7.41. The van der Waals surface area contributed by atoms with Crippen molar-refractivity contribution >= 4 is 17.4 Å². The fourth-order valence-electron chi connectivity index (χ4n) is 1.09. The first-order valence-corrected chi connectivity index (χ1v) is 5.14. The van der Waals surface area contributed by atoms with Crippen molar-refractivity contribution < 1.29 is 9.18 Å². The minimum atomic E-state index is -0.597. The fourth-order valence-corrected chi connectivity index (χ4v) is 1.24. The summed E-state index contributed by atoms with van der Waals surface area (Å²) in [7, 11) is 3.63. The van der Waals surface area contributed by atoms with Crippen molar-refractivity contribution in [2.45, 2.75) is 6.92 Å². The van der Waals surface area contributed by atoms with Crippen molar-refractivity contribution in [3.8, 4) is 0 Å². The van der Waals surface area contributed by atoms with Gasteiger partial charge in [-0.15, -0.1) is 0 Å². The topological polar surface area (TPSA) is 20.3 Å². The number of carbonyl (C=O) groups excluding carboxylic acids is 1. The van der Waals surface area contributed by atoms with Gasteiger partial charge in [-0.1, -0.05) is 11.6 Å². The summed E-state index contributed by atoms with van der Waals surface area (Å²) in [5.41, 5.74) is 0.796. The first-order valence-electron chi connectivity index (χ1n) is 4.77. The second-order valence-electron chi connectivity index (χ2n) is 3.67. The molecule has 4 heteroatoms. The minimum absolute atomic E-state index is 0.0330. The van der Waals surface area contributed by atoms with Gasteiger partial charge in [0.15, 0.2) is 5.78 Å². The smallest absolute Gasteiger partial charge is 0.190 e. The normalized spacial score (nSPS) is 11.4. The molecule has 1 aromatic rings. The van der Waals surface area contributed by atoms with Crippen molar-refractivity contribution in [2.75, 3.05) is 14.1 Å². The predicted molar refractivity (Wildman–Crippen MR) is 63.2 cm³/mol. The quantitative estimate of drug-likeness (QED) is 0.599. The van der Waals surface area contributed by atoms with Gasteiger partial charge < -0.3 is 4.90 Å². The van der Waals surface area contributed by atoms with Gasteiger partial charge in [0.25, 0.3) is 0 Å². The van der Waals surface area contributed by atoms with Crippen LogP contribution in [0.15, 0.2) is 30.0 Å². The predicted octanol–water partition coefficient (Wildman–Crippen LogP) is 3.13. The highest BCUT2D eigenvalue weighted by molar-refractivity contribution is 6.30. The second kappa shape index (κ2) is 5.12. The number of hydrogen-bond donors (Lipinski definition) is 0. The molecule has 0 aliphatic heterocycles. The minimum Gasteiger partial charge on any atom is -0.381 e. The van der Waals surface area contributed by atoms with E-state index >= 15 is 0 Å². The highest BCUT2D eigenvalue weighted by atomic mass is 35.5. The van der Waals surface area contributed by atoms with Crippen LogP contribution < -0.4 is 0 Å². The molecule has 0 aliphatic carbocycles. The molecule has 0 atom stereocenters. The van der Waals surface area contributed by atoms with E-state index in [-0.39, 0.29) is 16.4 Å². The van der Waals surface area contributed by atoms with Crippen LogP contribution in [0.4, 0.5) is 4.39 Å². The molecule has 0 radical (unpaired) electrons. The highest BCUT2D eigenvalue weighted by Crippen LogP contribution is 2.16. The standard InChI is InChI=1S/C12H13ClFNO/c1-8(15(2)3)6-12(16)10-5-4-9(13)7-11(10)14/h4-7H,1-3H3/b8-6-. The number of allylic oxidation sites excluding steroid dienone is 2. The van der Waals surface area contributed by atoms with Crippen LogP contribution in [-0.4, -0.2) is 24.8 Å². The van der Waals surface area contributed by atoms with Gasteiger partial charge in [0.05, 0.1) is 5.56 Å². The maximum Gasteiger partial charge on any atom is 0.190 e. The van der Waals surface area contributed by atoms with Gasteiger partial charge >= 0.3 is 0 Å². The van der Waals surface area contributed by atoms with Crippen LogP contribution in [0.1, 0.15) is 17.3 Å². The number of benzene rings is 1. The van der Waals surface area contributed by atoms with Crippen molar-refractivity contribution in [2.24, 2.45) is 0 Å². The summed E-state index contributed by atoms with van der Waals surface area (Å²) < 4.78 is 13.4. The number of hydrogen-bond acceptors (Lipinski definition) is 2. The average Bonchev–Trinajstić information content (AvgIpc) is 2.16. The Bertz CT molecular complexity index is 441. The van der Waals surface area contributed by atoms with Gasteiger partial charge in [0.1, 0.15) is 5.82 Å². The van der Waals surface area contributed by atoms with E-state index in [1.54, 1.807) is 11.8 Å². The number of ketones is 1. The zero-order valence-corrected chi connectivity index (χ0v) is 10.2. The molecule has 0 bridgehead atoms. The maximum atomic E-state index is 13.4. The van der Waals surface area contributed by atoms with Crippen LogP contribution in [0, 0.1) is 5.82 Å². The van der Waals surface area contributed by atoms with Gasteiger partial charge in [-0.25, -0.2) is 4.39 Å². The van der Waals surface area contributed by atoms with E-state index in [1.807, 2.05) is 14.1 Å². The van der Waals surface area contributed by atoms with Gasteiger partial charge in [-0.3, -0.25) is 4.79 Å². The van der Waals surface area contributed by atoms with Crippen LogP contribution in [0.3, 0.4) is 0 Å². The molecule has 16 heavy (non-hydrogen) atoms. The zero-order chi connectivity index (χ0) is 12.3. The van der Waals surface area contributed by atoms with Crippen molar-refractivity contribution in [3.05, 3.63) is 46.4 Å². The van der Waals surface area contributed by atoms with E-state index in [2.05, 4.69) is 0 Å². The van der Waals surface area contributed by atoms with E-state index in [1.165, 1.54) is 18.2 Å². The Labute approximate surface area is 99.3 Å². The lowest BCUT2D eigenvalue weighted by molar-refractivity contribution is 0.104. The van der Waals surface area contributed by atoms with E-state index in [0.29, 0.717) is 0 Å². The third-order valence-corrected chi connectivity index (χ3v) is 2.48. The maximum absolute atomic E-state index is 13.4. The molecule has 0 unspecified atom stereocenters. The first kappa shape index (κ1) is 12.7. The Morgan fingerprint density at radius 2 is 2.06 bits per heavy atom. The Morgan fingerprint density at radius 3 is 2.56 bits per heavy atom. The zero-order valence-electron chi connectivity index (χ0n) is 9.42. The molecular weight excluding hydrogens is 229 g/mol. The van der Waals surface area contributed by atoms with Gasteiger partial charge in [0, 0.05) is 30.9 Å². The summed E-state index contributed by atoms with van der Waals surface area (Å²) in [5.74, 6) is -0.958. The number of nitrogens with zero attached hydrogens (tertiary/aromatic N) is 1. The fraction of sp³-hybridized carbons (Fsp3) is 0.250. The molecule has 0 aliphatic rings. The largest absolute Gasteiger partial charge is 0.381 e. The molecule has 1 rings (SSSR count). The Balaban J connectivity index is 3.02. The third-order valence-electron chi connectivity index (χ3n) is 2.24. The van der Waals surface area contributed by atoms with E-state index in [0.717, 1.165) is 11.8 Å². The Hall–Kier alpha value is -1.35. The molecule has 0 amide bonds. The molecular formula is C12H13ClFNO. The van der Waals surface area contributed by atoms with E-state index in [9.17, 15) is 9.18 Å². The number of rotatable bonds is 3. The van der Waals surface area contributed by atoms with Crippen molar-refractivity contribution in [1.82, 2.24) is 4.90 Å². The monoisotopic (exact) mass is 241 g/mol. The Kier molecular flexibility index (Phi) is 4.07. The summed E-state index contributed by atoms with van der Waals surface area (Å²) in [6.07, 6.45) is 1.40. The summed E-state index contributed by atoms with van der Waals surface area (Å²) in [5, 5.41) is 0.280. The number of halogens is 2. The second-order valence-corrected chi connectivity index (χ2v) is 4.11. The van der Waals surface area contributed by atoms with Gasteiger partial charge in [0.2, 0.25) is 0 Å². The van der Waals surface area contributed by atoms with Gasteiger partial charge in [-0.2, -0.15) is 0 Å². The summed E-state index contributed by atoms with van der Waals surface area (Å²) in [4.78, 5) is 13.5. The van der Waals surface area contributed by atoms with E-state index < -0.39 is 5.82 Å². The molecule has 1 aromatic carbocycles. The van der Waals surface area contributed by atoms with Crippen LogP contribution in [0.5, 0.6) is 0 Å². The van der Waals surface area contributed by atoms with Crippen LogP contribution in [0.25, 0.3) is 0 Å². The van der Waals surface area contributed by atoms with Crippen LogP contribution >= 0.6 is 11.6 Å². The Morgan fingerprint density at radius 1 is 1.44 bits per heavy atom. The van der Waals surface area contributed by atoms with Crippen molar-refractivity contribution in [3.63, 3.8) is 0 Å². The SMILES string of the molecule is C/C(=C/C(=O)c1ccc(Cl)cc1F)N(C)C. The highest BCUT2D eigenvalue weighted by Gasteiger charge is 2.10. The lowest BCUT2D eigenvalue weighted by atomic mass is 10.1. The van der Waals surface area contributed by atoms with Crippen molar-refractivity contribution in [1.29, 1.82) is 0 Å². The molecule has 0 saturated heterocycles. The van der Waals surface area contributed by atoms with E-state index in [4.69, 9.17) is 11.6 Å². The molecule has 0 spiro atoms. The molecule has 0 aromatic heterocycles. The molecule has 0 heterocycles. The molecule has 0 N–H and O–H groups in total. The average molecular weight is 242 g/mol. The number of carbonyl (C=O) groups is 1. The van der Waals surface area contributed by atoms with Crippen LogP contribution in [0.2, 0.25) is 5.02 Å². The summed E-state index contributed by atoms with van der Waals surface area (Å²) >= 11 is 5.60. The lowest BCUT2D eigenvalue weighted by Crippen LogP contribution is -2.10. The van der Waals surface area contributed by atoms with Crippen LogP contribution in [-0.2, 0) is 0 Å². The molecule has 2 nitrogen and oxygen atoms in total. The summed E-state index contributed by atoms with van der Waals surface area (Å²) in [6.45, 7) is 1.78. The molecule has 0 saturated carbocycles. The third kappa shape index (κ3) is 3.07. The van der Waals surface area contributed by atoms with Gasteiger partial charge in [-0.05, 0) is 25.1 Å². The molecule has 0 fully saturated rings. The molecule has 86 valence electrons.